The topological polar surface area (TPSA) is 81.6 Å². The third-order valence-corrected chi connectivity index (χ3v) is 3.30. The maximum absolute atomic E-state index is 11.0. The van der Waals surface area contributed by atoms with Crippen LogP contribution in [0.25, 0.3) is 0 Å². The summed E-state index contributed by atoms with van der Waals surface area (Å²) in [4.78, 5) is 13.3. The lowest BCUT2D eigenvalue weighted by Gasteiger charge is -2.25. The van der Waals surface area contributed by atoms with E-state index < -0.39 is 11.4 Å². The molecule has 0 aliphatic carbocycles. The zero-order valence-electron chi connectivity index (χ0n) is 10.2. The first kappa shape index (κ1) is 13.4. The molecule has 1 rings (SSSR count). The van der Waals surface area contributed by atoms with Crippen molar-refractivity contribution in [1.82, 2.24) is 4.90 Å². The van der Waals surface area contributed by atoms with Gasteiger partial charge in [-0.2, -0.15) is 0 Å². The van der Waals surface area contributed by atoms with Crippen LogP contribution < -0.4 is 11.5 Å². The third kappa shape index (κ3) is 3.73. The molecule has 4 N–H and O–H groups in total. The minimum Gasteiger partial charge on any atom is -0.380 e. The molecule has 1 saturated heterocycles. The monoisotopic (exact) mass is 229 g/mol. The molecule has 2 atom stereocenters. The van der Waals surface area contributed by atoms with Gasteiger partial charge in [-0.25, -0.2) is 0 Å². The number of nitrogens with zero attached hydrogens (tertiary/aromatic N) is 1. The molecule has 1 fully saturated rings. The fraction of sp³-hybridized carbons (Fsp3) is 0.909. The lowest BCUT2D eigenvalue weighted by atomic mass is 9.96. The summed E-state index contributed by atoms with van der Waals surface area (Å²) < 4.78 is 5.32. The highest BCUT2D eigenvalue weighted by molar-refractivity contribution is 5.83. The average Bonchev–Trinajstić information content (AvgIpc) is 2.69. The first-order valence-electron chi connectivity index (χ1n) is 5.80. The van der Waals surface area contributed by atoms with Gasteiger partial charge in [0.2, 0.25) is 5.91 Å². The molecule has 94 valence electrons. The van der Waals surface area contributed by atoms with Gasteiger partial charge in [-0.1, -0.05) is 0 Å². The van der Waals surface area contributed by atoms with Crippen molar-refractivity contribution < 1.29 is 9.53 Å². The van der Waals surface area contributed by atoms with Gasteiger partial charge >= 0.3 is 0 Å². The molecule has 0 radical (unpaired) electrons. The second-order valence-corrected chi connectivity index (χ2v) is 4.88. The summed E-state index contributed by atoms with van der Waals surface area (Å²) >= 11 is 0. The Hall–Kier alpha value is -0.650. The SMILES string of the molecule is CN(CCCC(C)(N)C(N)=O)C1CCOC1. The van der Waals surface area contributed by atoms with E-state index in [2.05, 4.69) is 11.9 Å². The van der Waals surface area contributed by atoms with E-state index in [1.165, 1.54) is 0 Å². The Morgan fingerprint density at radius 3 is 2.81 bits per heavy atom. The number of likely N-dealkylation sites (N-methyl/N-ethyl adjacent to an activating group) is 1. The van der Waals surface area contributed by atoms with Crippen LogP contribution in [-0.2, 0) is 9.53 Å². The first-order chi connectivity index (χ1) is 7.43. The minimum absolute atomic E-state index is 0.431. The standard InChI is InChI=1S/C11H23N3O2/c1-11(13,10(12)15)5-3-6-14(2)9-4-7-16-8-9/h9H,3-8,13H2,1-2H3,(H2,12,15). The number of primary amides is 1. The maximum atomic E-state index is 11.0. The minimum atomic E-state index is -0.882. The van der Waals surface area contributed by atoms with Crippen LogP contribution >= 0.6 is 0 Å². The first-order valence-corrected chi connectivity index (χ1v) is 5.80. The van der Waals surface area contributed by atoms with Crippen LogP contribution in [0.15, 0.2) is 0 Å². The van der Waals surface area contributed by atoms with Crippen molar-refractivity contribution in [2.45, 2.75) is 37.8 Å². The highest BCUT2D eigenvalue weighted by atomic mass is 16.5. The number of amides is 1. The molecular weight excluding hydrogens is 206 g/mol. The zero-order chi connectivity index (χ0) is 12.2. The highest BCUT2D eigenvalue weighted by Gasteiger charge is 2.26. The Labute approximate surface area is 97.1 Å². The van der Waals surface area contributed by atoms with Crippen LogP contribution in [0.2, 0.25) is 0 Å². The largest absolute Gasteiger partial charge is 0.380 e. The highest BCUT2D eigenvalue weighted by Crippen LogP contribution is 2.13. The van der Waals surface area contributed by atoms with Crippen molar-refractivity contribution in [2.75, 3.05) is 26.8 Å². The van der Waals surface area contributed by atoms with Crippen LogP contribution in [0.1, 0.15) is 26.2 Å². The number of hydrogen-bond acceptors (Lipinski definition) is 4. The molecule has 1 heterocycles. The van der Waals surface area contributed by atoms with E-state index in [1.807, 2.05) is 0 Å². The van der Waals surface area contributed by atoms with Crippen LogP contribution in [0.4, 0.5) is 0 Å². The molecule has 0 aromatic heterocycles. The summed E-state index contributed by atoms with van der Waals surface area (Å²) in [5.41, 5.74) is 10.1. The Kier molecular flexibility index (Phi) is 4.70. The molecular formula is C11H23N3O2. The fourth-order valence-electron chi connectivity index (χ4n) is 1.87. The van der Waals surface area contributed by atoms with E-state index in [4.69, 9.17) is 16.2 Å². The predicted molar refractivity (Wildman–Crippen MR) is 62.9 cm³/mol. The normalized spacial score (nSPS) is 24.6. The van der Waals surface area contributed by atoms with Crippen molar-refractivity contribution >= 4 is 5.91 Å². The summed E-state index contributed by atoms with van der Waals surface area (Å²) in [6, 6.07) is 0.512. The number of rotatable bonds is 6. The summed E-state index contributed by atoms with van der Waals surface area (Å²) in [5, 5.41) is 0. The van der Waals surface area contributed by atoms with E-state index >= 15 is 0 Å². The molecule has 16 heavy (non-hydrogen) atoms. The van der Waals surface area contributed by atoms with Crippen LogP contribution in [-0.4, -0.2) is 49.2 Å². The summed E-state index contributed by atoms with van der Waals surface area (Å²) in [6.45, 7) is 4.28. The second-order valence-electron chi connectivity index (χ2n) is 4.88. The number of ether oxygens (including phenoxy) is 1. The van der Waals surface area contributed by atoms with E-state index in [9.17, 15) is 4.79 Å². The van der Waals surface area contributed by atoms with Crippen molar-refractivity contribution in [3.63, 3.8) is 0 Å². The van der Waals surface area contributed by atoms with Gasteiger partial charge in [-0.05, 0) is 39.8 Å². The maximum Gasteiger partial charge on any atom is 0.237 e. The van der Waals surface area contributed by atoms with Crippen LogP contribution in [0.5, 0.6) is 0 Å². The molecule has 5 heteroatoms. The molecule has 0 spiro atoms. The lowest BCUT2D eigenvalue weighted by molar-refractivity contribution is -0.122. The third-order valence-electron chi connectivity index (χ3n) is 3.30. The molecule has 2 unspecified atom stereocenters. The average molecular weight is 229 g/mol. The zero-order valence-corrected chi connectivity index (χ0v) is 10.2. The van der Waals surface area contributed by atoms with Crippen LogP contribution in [0.3, 0.4) is 0 Å². The van der Waals surface area contributed by atoms with Gasteiger partial charge in [0.05, 0.1) is 12.1 Å². The summed E-state index contributed by atoms with van der Waals surface area (Å²) in [5.74, 6) is -0.431. The van der Waals surface area contributed by atoms with Gasteiger partial charge in [0, 0.05) is 12.6 Å². The van der Waals surface area contributed by atoms with Gasteiger partial charge in [0.25, 0.3) is 0 Å². The Balaban J connectivity index is 2.21. The van der Waals surface area contributed by atoms with Gasteiger partial charge in [0.15, 0.2) is 0 Å². The van der Waals surface area contributed by atoms with Crippen molar-refractivity contribution in [2.24, 2.45) is 11.5 Å². The fourth-order valence-corrected chi connectivity index (χ4v) is 1.87. The molecule has 0 aromatic carbocycles. The van der Waals surface area contributed by atoms with E-state index in [0.717, 1.165) is 32.6 Å². The van der Waals surface area contributed by atoms with Gasteiger partial charge < -0.3 is 21.1 Å². The second kappa shape index (κ2) is 5.61. The lowest BCUT2D eigenvalue weighted by Crippen LogP contribution is -2.49. The summed E-state index contributed by atoms with van der Waals surface area (Å²) in [6.07, 6.45) is 2.59. The summed E-state index contributed by atoms with van der Waals surface area (Å²) in [7, 11) is 2.08. The Morgan fingerprint density at radius 1 is 1.62 bits per heavy atom. The number of carbonyl (C=O) groups is 1. The number of nitrogens with two attached hydrogens (primary N) is 2. The molecule has 1 aliphatic rings. The van der Waals surface area contributed by atoms with E-state index in [0.29, 0.717) is 12.5 Å². The van der Waals surface area contributed by atoms with Crippen LogP contribution in [0, 0.1) is 0 Å². The van der Waals surface area contributed by atoms with E-state index in [-0.39, 0.29) is 0 Å². The number of carbonyl (C=O) groups excluding carboxylic acids is 1. The molecule has 0 bridgehead atoms. The Bertz CT molecular complexity index is 237. The molecule has 1 amide bonds. The molecule has 1 aliphatic heterocycles. The molecule has 0 saturated carbocycles. The molecule has 5 nitrogen and oxygen atoms in total. The van der Waals surface area contributed by atoms with Gasteiger partial charge in [-0.3, -0.25) is 4.79 Å². The smallest absolute Gasteiger partial charge is 0.237 e. The van der Waals surface area contributed by atoms with Crippen molar-refractivity contribution in [3.8, 4) is 0 Å². The van der Waals surface area contributed by atoms with E-state index in [1.54, 1.807) is 6.92 Å². The predicted octanol–water partition coefficient (Wildman–Crippen LogP) is -0.310. The van der Waals surface area contributed by atoms with Crippen molar-refractivity contribution in [3.05, 3.63) is 0 Å². The van der Waals surface area contributed by atoms with Crippen molar-refractivity contribution in [1.29, 1.82) is 0 Å². The molecule has 0 aromatic rings. The van der Waals surface area contributed by atoms with Gasteiger partial charge in [-0.15, -0.1) is 0 Å². The quantitative estimate of drug-likeness (QED) is 0.654. The number of hydrogen-bond donors (Lipinski definition) is 2. The van der Waals surface area contributed by atoms with Gasteiger partial charge in [0.1, 0.15) is 0 Å². The Morgan fingerprint density at radius 2 is 2.31 bits per heavy atom.